The topological polar surface area (TPSA) is 260 Å². The van der Waals surface area contributed by atoms with Crippen molar-refractivity contribution in [2.75, 3.05) is 72.7 Å². The Balaban J connectivity index is 0.648. The number of fused-ring (bicyclic) bond motifs is 7. The van der Waals surface area contributed by atoms with Gasteiger partial charge in [-0.1, -0.05) is 43.3 Å². The van der Waals surface area contributed by atoms with Crippen LogP contribution in [-0.2, 0) is 33.9 Å². The molecule has 0 aliphatic carbocycles. The fourth-order valence-electron chi connectivity index (χ4n) is 11.3. The second-order valence-corrected chi connectivity index (χ2v) is 21.9. The minimum absolute atomic E-state index is 0.0101. The molecule has 23 heteroatoms. The average molecular weight is 1180 g/mol. The summed E-state index contributed by atoms with van der Waals surface area (Å²) in [5.41, 5.74) is 5.20. The number of nitrogens with one attached hydrogen (secondary N) is 1. The molecule has 0 radical (unpaired) electrons. The Morgan fingerprint density at radius 2 is 1.68 bits per heavy atom. The van der Waals surface area contributed by atoms with E-state index >= 15 is 0 Å². The summed E-state index contributed by atoms with van der Waals surface area (Å²) < 4.78 is 32.1. The molecule has 2 atom stereocenters. The molecule has 6 heterocycles. The zero-order chi connectivity index (χ0) is 60.9. The molecular weight excluding hydrogens is 1110 g/mol. The number of azo groups is 1. The van der Waals surface area contributed by atoms with Crippen molar-refractivity contribution in [3.63, 3.8) is 0 Å². The lowest BCUT2D eigenvalue weighted by Gasteiger charge is -2.42. The third-order valence-corrected chi connectivity index (χ3v) is 16.3. The van der Waals surface area contributed by atoms with Gasteiger partial charge >= 0.3 is 18.1 Å². The van der Waals surface area contributed by atoms with Gasteiger partial charge in [0.1, 0.15) is 30.9 Å². The van der Waals surface area contributed by atoms with Gasteiger partial charge in [0.15, 0.2) is 41.4 Å². The second-order valence-electron chi connectivity index (χ2n) is 21.9. The van der Waals surface area contributed by atoms with Crippen LogP contribution >= 0.6 is 0 Å². The van der Waals surface area contributed by atoms with Gasteiger partial charge in [-0.2, -0.15) is 14.9 Å². The first-order chi connectivity index (χ1) is 42.2. The molecule has 1 fully saturated rings. The zero-order valence-electron chi connectivity index (χ0n) is 48.9. The molecule has 23 nitrogen and oxygen atoms in total. The van der Waals surface area contributed by atoms with Gasteiger partial charge in [0.2, 0.25) is 18.4 Å². The van der Waals surface area contributed by atoms with E-state index in [1.165, 1.54) is 39.4 Å². The molecule has 3 aliphatic rings. The molecule has 3 aromatic heterocycles. The van der Waals surface area contributed by atoms with E-state index in [2.05, 4.69) is 43.1 Å². The summed E-state index contributed by atoms with van der Waals surface area (Å²) in [4.78, 5) is 82.0. The van der Waals surface area contributed by atoms with Crippen LogP contribution in [0.15, 0.2) is 120 Å². The van der Waals surface area contributed by atoms with Gasteiger partial charge in [-0.15, -0.1) is 5.11 Å². The Kier molecular flexibility index (Phi) is 17.1. The van der Waals surface area contributed by atoms with Crippen molar-refractivity contribution < 1.29 is 57.3 Å². The number of esters is 1. The number of likely N-dealkylation sites (N-methyl/N-ethyl adjacent to an activating group) is 3. The molecule has 8 aromatic rings. The number of methoxy groups -OCH3 is 1. The maximum absolute atomic E-state index is 13.7. The van der Waals surface area contributed by atoms with Gasteiger partial charge < -0.3 is 53.7 Å². The number of amides is 4. The summed E-state index contributed by atoms with van der Waals surface area (Å²) in [6.07, 6.45) is 6.81. The van der Waals surface area contributed by atoms with Crippen LogP contribution in [0.1, 0.15) is 60.5 Å². The Morgan fingerprint density at radius 1 is 0.897 bits per heavy atom. The molecule has 0 spiro atoms. The van der Waals surface area contributed by atoms with E-state index < -0.39 is 18.0 Å². The summed E-state index contributed by atoms with van der Waals surface area (Å²) in [6.45, 7) is 4.64. The van der Waals surface area contributed by atoms with Crippen LogP contribution in [0.3, 0.4) is 0 Å². The highest BCUT2D eigenvalue weighted by Crippen LogP contribution is 2.43. The first-order valence-corrected chi connectivity index (χ1v) is 28.7. The van der Waals surface area contributed by atoms with Crippen molar-refractivity contribution in [3.05, 3.63) is 126 Å². The molecule has 4 amide bonds. The average Bonchev–Trinajstić information content (AvgIpc) is 2.08. The molecule has 0 saturated carbocycles. The number of nitrogens with zero attached hydrogens (tertiary/aromatic N) is 11. The maximum atomic E-state index is 13.7. The van der Waals surface area contributed by atoms with Crippen LogP contribution in [0.4, 0.5) is 26.8 Å². The third kappa shape index (κ3) is 12.3. The lowest BCUT2D eigenvalue weighted by Crippen LogP contribution is -2.52. The van der Waals surface area contributed by atoms with Crippen LogP contribution < -0.4 is 33.7 Å². The van der Waals surface area contributed by atoms with Gasteiger partial charge in [-0.3, -0.25) is 19.0 Å². The summed E-state index contributed by atoms with van der Waals surface area (Å²) in [5.74, 6) is 1.72. The number of aromatic nitrogens is 4. The number of hydrogen-bond acceptors (Lipinski definition) is 17. The maximum Gasteiger partial charge on any atom is 0.409 e. The van der Waals surface area contributed by atoms with Crippen molar-refractivity contribution in [2.45, 2.75) is 64.6 Å². The molecule has 0 bridgehead atoms. The number of carbonyl (C=O) groups excluding carboxylic acids is 5. The number of phenols is 1. The number of likely N-dealkylation sites (tertiary alicyclic amines) is 1. The van der Waals surface area contributed by atoms with Crippen LogP contribution in [0.5, 0.6) is 28.7 Å². The van der Waals surface area contributed by atoms with Crippen LogP contribution in [0, 0.1) is 17.2 Å². The first-order valence-electron chi connectivity index (χ1n) is 28.7. The third-order valence-electron chi connectivity index (χ3n) is 16.3. The zero-order valence-corrected chi connectivity index (χ0v) is 48.9. The van der Waals surface area contributed by atoms with E-state index in [4.69, 9.17) is 28.9 Å². The quantitative estimate of drug-likeness (QED) is 0.0267. The van der Waals surface area contributed by atoms with E-state index in [1.807, 2.05) is 42.4 Å². The van der Waals surface area contributed by atoms with Gasteiger partial charge in [0, 0.05) is 89.7 Å². The molecule has 5 aromatic carbocycles. The Labute approximate surface area is 500 Å². The van der Waals surface area contributed by atoms with Crippen molar-refractivity contribution in [2.24, 2.45) is 16.1 Å². The number of hydrogen-bond donors (Lipinski definition) is 2. The molecule has 3 aliphatic heterocycles. The number of phenolic OH excluding ortho intramolecular Hbond substituents is 1. The fourth-order valence-corrected chi connectivity index (χ4v) is 11.3. The van der Waals surface area contributed by atoms with Crippen molar-refractivity contribution >= 4 is 79.7 Å². The van der Waals surface area contributed by atoms with Crippen molar-refractivity contribution in [3.8, 4) is 46.1 Å². The van der Waals surface area contributed by atoms with Crippen LogP contribution in [-0.4, -0.2) is 138 Å². The van der Waals surface area contributed by atoms with Crippen LogP contribution in [0.25, 0.3) is 43.8 Å². The van der Waals surface area contributed by atoms with E-state index in [-0.39, 0.29) is 81.1 Å². The summed E-state index contributed by atoms with van der Waals surface area (Å²) in [6, 6.07) is 28.6. The molecule has 11 rings (SSSR count). The lowest BCUT2D eigenvalue weighted by molar-refractivity contribution is -0.686. The number of ether oxygens (including phenoxy) is 5. The summed E-state index contributed by atoms with van der Waals surface area (Å²) >= 11 is 0. The summed E-state index contributed by atoms with van der Waals surface area (Å²) in [7, 11) is 6.67. The molecular formula is C64H65N12O11+. The number of nitriles is 1. The molecule has 2 N–H and O–H groups in total. The highest BCUT2D eigenvalue weighted by atomic mass is 16.7. The van der Waals surface area contributed by atoms with E-state index in [9.17, 15) is 29.1 Å². The predicted molar refractivity (Wildman–Crippen MR) is 321 cm³/mol. The van der Waals surface area contributed by atoms with Crippen LogP contribution in [0.2, 0.25) is 0 Å². The van der Waals surface area contributed by atoms with E-state index in [0.717, 1.165) is 47.2 Å². The molecule has 87 heavy (non-hydrogen) atoms. The number of rotatable bonds is 18. The number of anilines is 1. The largest absolute Gasteiger partial charge is 0.506 e. The second kappa shape index (κ2) is 25.5. The van der Waals surface area contributed by atoms with Gasteiger partial charge in [0.25, 0.3) is 5.91 Å². The van der Waals surface area contributed by atoms with Crippen molar-refractivity contribution in [1.82, 2.24) is 34.6 Å². The Morgan fingerprint density at radius 3 is 2.47 bits per heavy atom. The number of piperidine rings is 1. The number of aryl methyl sites for hydroxylation is 2. The Bertz CT molecular complexity index is 4070. The number of benzene rings is 5. The monoisotopic (exact) mass is 1180 g/mol. The smallest absolute Gasteiger partial charge is 0.409 e. The molecule has 0 unspecified atom stereocenters. The summed E-state index contributed by atoms with van der Waals surface area (Å²) in [5, 5.41) is 35.4. The number of pyridine rings is 1. The standard InChI is InChI=1S/C64H64N12O11/c1-39-20-25-75(56(77)19-23-65)35-52(39)73(4)60-46-22-27-76(61(46)68-37-67-60)63(81)71(2)28-29-72(3)64(82)84-36-40-13-16-43(17-14-40)69-70-50-32-48(58(79)45-11-7-6-10-44(45)50)62(80)66-24-9-8-12-57(78)87-59-49-34-74-26-21-42-31-54-55(86-38-85-54)33-47(42)51(74)30-41(49)15-18-53(59)83-5/h6-7,10-11,13-18,22,27,30-34,37,39,52H,8-9,12,19-21,24-26,28-29,35-36,38H2,1-5H3,(H-,66,69,79,80)/p+1/t39-,52+/m0/s1. The molecule has 1 saturated heterocycles. The highest BCUT2D eigenvalue weighted by molar-refractivity contribution is 6.07. The number of unbranched alkanes of at least 4 members (excludes halogenated alkanes) is 1. The predicted octanol–water partition coefficient (Wildman–Crippen LogP) is 9.37. The highest BCUT2D eigenvalue weighted by Gasteiger charge is 2.34. The number of carbonyl (C=O) groups is 5. The van der Waals surface area contributed by atoms with E-state index in [1.54, 1.807) is 85.9 Å². The SMILES string of the molecule is COc1ccc2cc3[n+](cc2c1OC(=O)CCCCNC(=O)c1cc(N=Nc2ccc(COC(=O)N(C)CCN(C)C(=O)n4ccc5c(N(C)[C@@H]6CN(C(=O)CC#N)CC[C@@H]6C)ncnc54)cc2)c2ccccc2c1O)CCc1cc2c(cc1-3)OCO2. The first kappa shape index (κ1) is 58.4. The minimum Gasteiger partial charge on any atom is -0.506 e. The fraction of sp³-hybridized carbons (Fsp3) is 0.328. The Hall–Kier alpha value is -10.4. The normalized spacial score (nSPS) is 15.0. The molecule has 446 valence electrons. The van der Waals surface area contributed by atoms with E-state index in [0.29, 0.717) is 87.7 Å². The van der Waals surface area contributed by atoms with Gasteiger partial charge in [-0.05, 0) is 90.2 Å². The lowest BCUT2D eigenvalue weighted by atomic mass is 9.92. The van der Waals surface area contributed by atoms with Crippen molar-refractivity contribution in [1.29, 1.82) is 5.26 Å². The minimum atomic E-state index is -0.588. The number of aromatic hydroxyl groups is 1. The van der Waals surface area contributed by atoms with Gasteiger partial charge in [-0.25, -0.2) is 19.6 Å². The van der Waals surface area contributed by atoms with Gasteiger partial charge in [0.05, 0.1) is 52.5 Å².